The van der Waals surface area contributed by atoms with E-state index in [9.17, 15) is 4.79 Å². The molecule has 0 fully saturated rings. The summed E-state index contributed by atoms with van der Waals surface area (Å²) in [6, 6.07) is 9.24. The van der Waals surface area contributed by atoms with Gasteiger partial charge in [-0.3, -0.25) is 0 Å². The molecule has 1 aromatic heterocycles. The van der Waals surface area contributed by atoms with Gasteiger partial charge in [0.25, 0.3) is 0 Å². The maximum Gasteiger partial charge on any atom is 0.358 e. The highest BCUT2D eigenvalue weighted by Crippen LogP contribution is 2.22. The molecule has 0 spiro atoms. The predicted octanol–water partition coefficient (Wildman–Crippen LogP) is 3.40. The molecule has 0 aliphatic heterocycles. The van der Waals surface area contributed by atoms with Crippen LogP contribution in [0.4, 0.5) is 0 Å². The molecule has 2 rings (SSSR count). The molecule has 1 aromatic carbocycles. The van der Waals surface area contributed by atoms with Crippen LogP contribution >= 0.6 is 0 Å². The number of aromatic carboxylic acids is 1. The van der Waals surface area contributed by atoms with Crippen LogP contribution in [0, 0.1) is 0 Å². The largest absolute Gasteiger partial charge is 0.476 e. The summed E-state index contributed by atoms with van der Waals surface area (Å²) in [6.07, 6.45) is 1.84. The van der Waals surface area contributed by atoms with Crippen molar-refractivity contribution < 1.29 is 19.2 Å². The zero-order valence-electron chi connectivity index (χ0n) is 12.4. The van der Waals surface area contributed by atoms with Gasteiger partial charge in [-0.1, -0.05) is 29.4 Å². The zero-order chi connectivity index (χ0) is 15.5. The van der Waals surface area contributed by atoms with Gasteiger partial charge in [-0.15, -0.1) is 0 Å². The minimum Gasteiger partial charge on any atom is -0.476 e. The van der Waals surface area contributed by atoms with Crippen LogP contribution in [0.5, 0.6) is 0 Å². The van der Waals surface area contributed by atoms with E-state index in [1.807, 2.05) is 24.3 Å². The SMILES string of the molecule is COC(C)(C)CCc1ccc(-c2cc(C(=O)O)no2)cc1. The number of benzene rings is 1. The topological polar surface area (TPSA) is 72.6 Å². The van der Waals surface area contributed by atoms with Crippen LogP contribution in [0.3, 0.4) is 0 Å². The third kappa shape index (κ3) is 3.92. The van der Waals surface area contributed by atoms with Gasteiger partial charge in [0.05, 0.1) is 5.60 Å². The number of carbonyl (C=O) groups is 1. The van der Waals surface area contributed by atoms with Crippen LogP contribution in [0.2, 0.25) is 0 Å². The summed E-state index contributed by atoms with van der Waals surface area (Å²) in [5, 5.41) is 12.3. The van der Waals surface area contributed by atoms with Crippen molar-refractivity contribution in [2.45, 2.75) is 32.3 Å². The number of hydrogen-bond donors (Lipinski definition) is 1. The highest BCUT2D eigenvalue weighted by atomic mass is 16.5. The van der Waals surface area contributed by atoms with E-state index in [4.69, 9.17) is 14.4 Å². The fourth-order valence-corrected chi connectivity index (χ4v) is 1.90. The van der Waals surface area contributed by atoms with Crippen molar-refractivity contribution in [3.8, 4) is 11.3 Å². The monoisotopic (exact) mass is 289 g/mol. The fourth-order valence-electron chi connectivity index (χ4n) is 1.90. The van der Waals surface area contributed by atoms with Crippen molar-refractivity contribution in [3.05, 3.63) is 41.6 Å². The Morgan fingerprint density at radius 2 is 2.00 bits per heavy atom. The number of carboxylic acid groups (broad SMARTS) is 1. The molecule has 0 amide bonds. The maximum atomic E-state index is 10.8. The van der Waals surface area contributed by atoms with E-state index in [0.717, 1.165) is 18.4 Å². The Morgan fingerprint density at radius 3 is 2.52 bits per heavy atom. The second-order valence-corrected chi connectivity index (χ2v) is 5.54. The Kier molecular flexibility index (Phi) is 4.43. The van der Waals surface area contributed by atoms with Crippen molar-refractivity contribution in [2.75, 3.05) is 7.11 Å². The smallest absolute Gasteiger partial charge is 0.358 e. The minimum atomic E-state index is -1.09. The lowest BCUT2D eigenvalue weighted by molar-refractivity contribution is 0.0158. The summed E-state index contributed by atoms with van der Waals surface area (Å²) in [4.78, 5) is 10.8. The van der Waals surface area contributed by atoms with E-state index in [2.05, 4.69) is 19.0 Å². The van der Waals surface area contributed by atoms with Gasteiger partial charge in [0.15, 0.2) is 11.5 Å². The number of methoxy groups -OCH3 is 1. The molecule has 112 valence electrons. The van der Waals surface area contributed by atoms with Gasteiger partial charge < -0.3 is 14.4 Å². The summed E-state index contributed by atoms with van der Waals surface area (Å²) < 4.78 is 10.4. The van der Waals surface area contributed by atoms with Crippen molar-refractivity contribution in [1.82, 2.24) is 5.16 Å². The number of aryl methyl sites for hydroxylation is 1. The molecule has 0 aliphatic rings. The van der Waals surface area contributed by atoms with E-state index in [-0.39, 0.29) is 11.3 Å². The van der Waals surface area contributed by atoms with Gasteiger partial charge in [-0.2, -0.15) is 0 Å². The first kappa shape index (κ1) is 15.3. The second-order valence-electron chi connectivity index (χ2n) is 5.54. The van der Waals surface area contributed by atoms with Crippen LogP contribution in [-0.2, 0) is 11.2 Å². The Hall–Kier alpha value is -2.14. The number of hydrogen-bond acceptors (Lipinski definition) is 4. The average molecular weight is 289 g/mol. The second kappa shape index (κ2) is 6.10. The third-order valence-electron chi connectivity index (χ3n) is 3.54. The number of rotatable bonds is 6. The summed E-state index contributed by atoms with van der Waals surface area (Å²) in [6.45, 7) is 4.12. The number of carboxylic acids is 1. The lowest BCUT2D eigenvalue weighted by Crippen LogP contribution is -2.22. The van der Waals surface area contributed by atoms with Crippen LogP contribution in [0.15, 0.2) is 34.9 Å². The van der Waals surface area contributed by atoms with Crippen molar-refractivity contribution in [2.24, 2.45) is 0 Å². The van der Waals surface area contributed by atoms with Crippen molar-refractivity contribution in [3.63, 3.8) is 0 Å². The molecule has 5 nitrogen and oxygen atoms in total. The molecule has 21 heavy (non-hydrogen) atoms. The molecule has 0 unspecified atom stereocenters. The number of aromatic nitrogens is 1. The molecule has 1 N–H and O–H groups in total. The molecular formula is C16H19NO4. The highest BCUT2D eigenvalue weighted by Gasteiger charge is 2.16. The Labute approximate surface area is 123 Å². The summed E-state index contributed by atoms with van der Waals surface area (Å²) in [7, 11) is 1.72. The van der Waals surface area contributed by atoms with E-state index < -0.39 is 5.97 Å². The summed E-state index contributed by atoms with van der Waals surface area (Å²) in [5.74, 6) is -0.639. The standard InChI is InChI=1S/C16H19NO4/c1-16(2,20-3)9-8-11-4-6-12(7-5-11)14-10-13(15(18)19)17-21-14/h4-7,10H,8-9H2,1-3H3,(H,18,19). The van der Waals surface area contributed by atoms with E-state index in [0.29, 0.717) is 5.76 Å². The molecule has 0 saturated carbocycles. The molecule has 5 heteroatoms. The molecule has 0 aliphatic carbocycles. The van der Waals surface area contributed by atoms with Gasteiger partial charge in [-0.25, -0.2) is 4.79 Å². The zero-order valence-corrected chi connectivity index (χ0v) is 12.4. The predicted molar refractivity (Wildman–Crippen MR) is 78.3 cm³/mol. The molecule has 1 heterocycles. The minimum absolute atomic E-state index is 0.0871. The molecule has 0 bridgehead atoms. The fraction of sp³-hybridized carbons (Fsp3) is 0.375. The number of nitrogens with zero attached hydrogens (tertiary/aromatic N) is 1. The molecule has 0 atom stereocenters. The van der Waals surface area contributed by atoms with Crippen LogP contribution in [0.25, 0.3) is 11.3 Å². The van der Waals surface area contributed by atoms with E-state index in [1.165, 1.54) is 11.6 Å². The number of ether oxygens (including phenoxy) is 1. The van der Waals surface area contributed by atoms with Crippen LogP contribution < -0.4 is 0 Å². The first-order valence-corrected chi connectivity index (χ1v) is 6.76. The van der Waals surface area contributed by atoms with E-state index in [1.54, 1.807) is 7.11 Å². The molecular weight excluding hydrogens is 270 g/mol. The summed E-state index contributed by atoms with van der Waals surface area (Å²) in [5.41, 5.74) is 1.78. The third-order valence-corrected chi connectivity index (χ3v) is 3.54. The Balaban J connectivity index is 2.06. The molecule has 2 aromatic rings. The maximum absolute atomic E-state index is 10.8. The lowest BCUT2D eigenvalue weighted by Gasteiger charge is -2.22. The lowest BCUT2D eigenvalue weighted by atomic mass is 9.98. The van der Waals surface area contributed by atoms with Gasteiger partial charge in [0, 0.05) is 18.7 Å². The quantitative estimate of drug-likeness (QED) is 0.882. The Bertz CT molecular complexity index is 613. The molecule has 0 saturated heterocycles. The van der Waals surface area contributed by atoms with E-state index >= 15 is 0 Å². The first-order valence-electron chi connectivity index (χ1n) is 6.76. The highest BCUT2D eigenvalue weighted by molar-refractivity contribution is 5.86. The van der Waals surface area contributed by atoms with Gasteiger partial charge >= 0.3 is 5.97 Å². The average Bonchev–Trinajstić information content (AvgIpc) is 2.96. The van der Waals surface area contributed by atoms with Crippen molar-refractivity contribution in [1.29, 1.82) is 0 Å². The van der Waals surface area contributed by atoms with Gasteiger partial charge in [0.2, 0.25) is 0 Å². The van der Waals surface area contributed by atoms with Crippen LogP contribution in [-0.4, -0.2) is 28.9 Å². The summed E-state index contributed by atoms with van der Waals surface area (Å²) >= 11 is 0. The van der Waals surface area contributed by atoms with Gasteiger partial charge in [-0.05, 0) is 32.3 Å². The van der Waals surface area contributed by atoms with Crippen LogP contribution in [0.1, 0.15) is 36.3 Å². The normalized spacial score (nSPS) is 11.6. The molecule has 0 radical (unpaired) electrons. The van der Waals surface area contributed by atoms with Gasteiger partial charge in [0.1, 0.15) is 0 Å². The Morgan fingerprint density at radius 1 is 1.33 bits per heavy atom. The van der Waals surface area contributed by atoms with Crippen molar-refractivity contribution >= 4 is 5.97 Å². The first-order chi connectivity index (χ1) is 9.91.